The molecule has 0 saturated heterocycles. The average molecular weight is 232 g/mol. The second-order valence-electron chi connectivity index (χ2n) is 2.34. The van der Waals surface area contributed by atoms with E-state index in [0.717, 1.165) is 0 Å². The molecule has 0 atom stereocenters. The number of benzene rings is 1. The van der Waals surface area contributed by atoms with Crippen LogP contribution in [0.2, 0.25) is 0 Å². The van der Waals surface area contributed by atoms with Gasteiger partial charge in [0, 0.05) is 10.4 Å². The molecule has 84 valence electrons. The lowest BCUT2D eigenvalue weighted by Gasteiger charge is -2.06. The third-order valence-corrected chi connectivity index (χ3v) is 1.19. The molecule has 0 heterocycles. The molecular formula is C7H8N2O5S-2. The van der Waals surface area contributed by atoms with Gasteiger partial charge in [-0.25, -0.2) is 0 Å². The van der Waals surface area contributed by atoms with Crippen LogP contribution in [0.5, 0.6) is 5.75 Å². The van der Waals surface area contributed by atoms with Crippen molar-refractivity contribution in [2.75, 3.05) is 0 Å². The number of phenols is 1. The minimum Gasteiger partial charge on any atom is -0.759 e. The summed E-state index contributed by atoms with van der Waals surface area (Å²) in [5.74, 6) is -0.0619. The number of aromatic hydroxyl groups is 1. The molecule has 0 radical (unpaired) electrons. The summed E-state index contributed by atoms with van der Waals surface area (Å²) >= 11 is 0. The van der Waals surface area contributed by atoms with Gasteiger partial charge in [0.15, 0.2) is 0 Å². The monoisotopic (exact) mass is 232 g/mol. The summed E-state index contributed by atoms with van der Waals surface area (Å²) in [5.41, 5.74) is 5.52. The summed E-state index contributed by atoms with van der Waals surface area (Å²) in [6.45, 7) is 0. The van der Waals surface area contributed by atoms with Gasteiger partial charge in [0.2, 0.25) is 0 Å². The molecule has 0 amide bonds. The van der Waals surface area contributed by atoms with Gasteiger partial charge >= 0.3 is 0 Å². The second kappa shape index (κ2) is 5.29. The van der Waals surface area contributed by atoms with Crippen LogP contribution in [0.15, 0.2) is 24.3 Å². The third kappa shape index (κ3) is 7.43. The van der Waals surface area contributed by atoms with Crippen molar-refractivity contribution in [3.63, 3.8) is 0 Å². The molecule has 0 spiro atoms. The number of hydrogen-bond donors (Lipinski definition) is 3. The van der Waals surface area contributed by atoms with Crippen LogP contribution in [0, 0.1) is 5.41 Å². The molecule has 0 bridgehead atoms. The Labute approximate surface area is 86.3 Å². The van der Waals surface area contributed by atoms with E-state index in [1.54, 1.807) is 18.2 Å². The van der Waals surface area contributed by atoms with Gasteiger partial charge in [-0.15, -0.1) is 0 Å². The summed E-state index contributed by atoms with van der Waals surface area (Å²) in [5, 5.41) is 16.1. The smallest absolute Gasteiger partial charge is 0.126 e. The minimum atomic E-state index is -5.17. The van der Waals surface area contributed by atoms with Crippen LogP contribution in [0.25, 0.3) is 0 Å². The highest BCUT2D eigenvalue weighted by Crippen LogP contribution is 2.13. The van der Waals surface area contributed by atoms with Crippen molar-refractivity contribution in [2.24, 2.45) is 5.73 Å². The highest BCUT2D eigenvalue weighted by Gasteiger charge is 1.99. The van der Waals surface area contributed by atoms with Gasteiger partial charge in [0.25, 0.3) is 0 Å². The zero-order chi connectivity index (χ0) is 12.1. The van der Waals surface area contributed by atoms with Crippen molar-refractivity contribution in [2.45, 2.75) is 0 Å². The molecule has 1 aromatic rings. The second-order valence-corrected chi connectivity index (χ2v) is 3.16. The predicted molar refractivity (Wildman–Crippen MR) is 49.6 cm³/mol. The first kappa shape index (κ1) is 13.4. The molecule has 0 fully saturated rings. The van der Waals surface area contributed by atoms with Gasteiger partial charge in [0.1, 0.15) is 11.6 Å². The molecule has 0 aliphatic heterocycles. The Hall–Kier alpha value is -1.64. The summed E-state index contributed by atoms with van der Waals surface area (Å²) in [4.78, 5) is 0. The predicted octanol–water partition coefficient (Wildman–Crippen LogP) is -0.662. The Balaban J connectivity index is 0.000000336. The van der Waals surface area contributed by atoms with Crippen molar-refractivity contribution < 1.29 is 22.6 Å². The number of nitrogens with two attached hydrogens (primary N) is 1. The fourth-order valence-corrected chi connectivity index (χ4v) is 0.701. The fraction of sp³-hybridized carbons (Fsp3) is 0. The van der Waals surface area contributed by atoms with E-state index < -0.39 is 10.4 Å². The number of amidine groups is 1. The summed E-state index contributed by atoms with van der Waals surface area (Å²) in [6.07, 6.45) is 0. The van der Waals surface area contributed by atoms with E-state index >= 15 is 0 Å². The van der Waals surface area contributed by atoms with Crippen LogP contribution in [0.1, 0.15) is 5.56 Å². The van der Waals surface area contributed by atoms with Crippen LogP contribution in [-0.4, -0.2) is 28.5 Å². The Bertz CT molecular complexity index is 434. The molecular weight excluding hydrogens is 224 g/mol. The molecule has 1 aromatic carbocycles. The first-order valence-electron chi connectivity index (χ1n) is 3.51. The van der Waals surface area contributed by atoms with Gasteiger partial charge in [-0.3, -0.25) is 13.8 Å². The zero-order valence-electron chi connectivity index (χ0n) is 7.38. The first-order chi connectivity index (χ1) is 6.72. The number of phenolic OH excluding ortho intramolecular Hbond substituents is 1. The van der Waals surface area contributed by atoms with Gasteiger partial charge in [0.05, 0.1) is 5.56 Å². The van der Waals surface area contributed by atoms with Gasteiger partial charge in [-0.1, -0.05) is 12.1 Å². The molecule has 0 unspecified atom stereocenters. The zero-order valence-corrected chi connectivity index (χ0v) is 8.19. The lowest BCUT2D eigenvalue weighted by molar-refractivity contribution is 0.352. The maximum Gasteiger partial charge on any atom is 0.126 e. The average Bonchev–Trinajstić information content (AvgIpc) is 2.01. The molecule has 15 heavy (non-hydrogen) atoms. The van der Waals surface area contributed by atoms with E-state index in [4.69, 9.17) is 33.8 Å². The van der Waals surface area contributed by atoms with E-state index in [9.17, 15) is 0 Å². The molecule has 7 nitrogen and oxygen atoms in total. The van der Waals surface area contributed by atoms with Crippen molar-refractivity contribution in [3.8, 4) is 5.75 Å². The molecule has 4 N–H and O–H groups in total. The maximum absolute atomic E-state index is 9.06. The highest BCUT2D eigenvalue weighted by atomic mass is 32.3. The summed E-state index contributed by atoms with van der Waals surface area (Å²) in [6, 6.07) is 6.49. The van der Waals surface area contributed by atoms with Crippen LogP contribution in [-0.2, 0) is 10.4 Å². The Morgan fingerprint density at radius 3 is 2.00 bits per heavy atom. The van der Waals surface area contributed by atoms with E-state index in [1.807, 2.05) is 0 Å². The van der Waals surface area contributed by atoms with Crippen molar-refractivity contribution in [1.29, 1.82) is 5.41 Å². The molecule has 0 aliphatic carbocycles. The molecule has 8 heteroatoms. The highest BCUT2D eigenvalue weighted by molar-refractivity contribution is 7.79. The SMILES string of the molecule is N=C(N)c1ccccc1O.O=S(=O)([O-])[O-]. The first-order valence-corrected chi connectivity index (χ1v) is 4.84. The summed E-state index contributed by atoms with van der Waals surface area (Å²) in [7, 11) is -5.17. The molecule has 0 aliphatic rings. The normalized spacial score (nSPS) is 10.0. The Morgan fingerprint density at radius 2 is 1.73 bits per heavy atom. The lowest BCUT2D eigenvalue weighted by atomic mass is 10.2. The molecule has 0 aromatic heterocycles. The quantitative estimate of drug-likeness (QED) is 0.253. The van der Waals surface area contributed by atoms with E-state index in [1.165, 1.54) is 6.07 Å². The van der Waals surface area contributed by atoms with Crippen molar-refractivity contribution >= 4 is 16.2 Å². The maximum atomic E-state index is 9.06. The van der Waals surface area contributed by atoms with Gasteiger partial charge in [-0.2, -0.15) is 0 Å². The largest absolute Gasteiger partial charge is 0.759 e. The fourth-order valence-electron chi connectivity index (χ4n) is 0.701. The van der Waals surface area contributed by atoms with Gasteiger partial charge < -0.3 is 19.9 Å². The van der Waals surface area contributed by atoms with Crippen LogP contribution < -0.4 is 5.73 Å². The lowest BCUT2D eigenvalue weighted by Crippen LogP contribution is -2.10. The van der Waals surface area contributed by atoms with Gasteiger partial charge in [-0.05, 0) is 12.1 Å². The minimum absolute atomic E-state index is 0.0509. The van der Waals surface area contributed by atoms with Crippen LogP contribution in [0.3, 0.4) is 0 Å². The van der Waals surface area contributed by atoms with Crippen molar-refractivity contribution in [1.82, 2.24) is 0 Å². The van der Waals surface area contributed by atoms with Crippen molar-refractivity contribution in [3.05, 3.63) is 29.8 Å². The summed E-state index contributed by atoms with van der Waals surface area (Å²) < 4.78 is 34.1. The van der Waals surface area contributed by atoms with E-state index in [-0.39, 0.29) is 11.6 Å². The van der Waals surface area contributed by atoms with Crippen LogP contribution in [0.4, 0.5) is 0 Å². The molecule has 0 saturated carbocycles. The van der Waals surface area contributed by atoms with E-state index in [0.29, 0.717) is 5.56 Å². The van der Waals surface area contributed by atoms with Crippen LogP contribution >= 0.6 is 0 Å². The topological polar surface area (TPSA) is 150 Å². The molecule has 1 rings (SSSR count). The Kier molecular flexibility index (Phi) is 4.71. The number of rotatable bonds is 1. The van der Waals surface area contributed by atoms with E-state index in [2.05, 4.69) is 0 Å². The third-order valence-electron chi connectivity index (χ3n) is 1.19. The number of nitrogens with one attached hydrogen (secondary N) is 1. The number of hydrogen-bond acceptors (Lipinski definition) is 6. The Morgan fingerprint density at radius 1 is 1.33 bits per heavy atom. The number of para-hydroxylation sites is 1. The standard InChI is InChI=1S/C7H8N2O.H2O4S/c8-7(9)5-3-1-2-4-6(5)10;1-5(2,3)4/h1-4,10H,(H3,8,9);(H2,1,2,3,4)/p-2. The number of nitrogen functional groups attached to an aromatic ring is 1.